The summed E-state index contributed by atoms with van der Waals surface area (Å²) in [4.78, 5) is 8.97. The number of para-hydroxylation sites is 12. The Labute approximate surface area is 740 Å². The first-order valence-electron chi connectivity index (χ1n) is 41.6. The van der Waals surface area contributed by atoms with Gasteiger partial charge in [-0.25, -0.2) is 0 Å². The van der Waals surface area contributed by atoms with Gasteiger partial charge < -0.3 is 51.4 Å². The number of hydrogen-bond donors (Lipinski definition) is 0. The van der Waals surface area contributed by atoms with E-state index in [1.807, 2.05) is 127 Å². The molecule has 0 unspecified atom stereocenters. The number of imidazole rings is 2. The zero-order valence-corrected chi connectivity index (χ0v) is 70.0. The van der Waals surface area contributed by atoms with Crippen molar-refractivity contribution in [2.45, 2.75) is 0 Å². The van der Waals surface area contributed by atoms with Crippen molar-refractivity contribution in [1.29, 1.82) is 0 Å². The van der Waals surface area contributed by atoms with Gasteiger partial charge in [0.1, 0.15) is 5.69 Å². The number of benzene rings is 16. The molecular weight excluding hydrogens is 1870 g/mol. The van der Waals surface area contributed by atoms with Gasteiger partial charge in [0.2, 0.25) is 6.33 Å². The summed E-state index contributed by atoms with van der Waals surface area (Å²) in [6, 6.07) is 144. The summed E-state index contributed by atoms with van der Waals surface area (Å²) < 4.78 is 56.5. The van der Waals surface area contributed by atoms with Gasteiger partial charge in [-0.1, -0.05) is 242 Å². The number of nitrogens with zero attached hydrogens (tertiary/aromatic N) is 10. The van der Waals surface area contributed by atoms with E-state index in [1.165, 1.54) is 26.1 Å². The Balaban J connectivity index is 0.000000152. The monoisotopic (exact) mass is 1940 g/mol. The second-order valence-corrected chi connectivity index (χ2v) is 29.8. The van der Waals surface area contributed by atoms with Crippen molar-refractivity contribution in [3.8, 4) is 96.5 Å². The molecule has 12 nitrogen and oxygen atoms in total. The number of ether oxygens (including phenoxy) is 2. The van der Waals surface area contributed by atoms with Crippen molar-refractivity contribution in [1.82, 2.24) is 37.4 Å². The summed E-state index contributed by atoms with van der Waals surface area (Å²) in [5, 5.41) is 9.30. The van der Waals surface area contributed by atoms with Crippen LogP contribution in [0.4, 0.5) is 0 Å². The molecule has 0 amide bonds. The molecule has 0 N–H and O–H groups in total. The number of fused-ring (bicyclic) bond motifs is 14. The average molecular weight is 1940 g/mol. The molecule has 16 aromatic carbocycles. The van der Waals surface area contributed by atoms with Crippen LogP contribution in [0.3, 0.4) is 0 Å². The Morgan fingerprint density at radius 2 is 0.602 bits per heavy atom. The van der Waals surface area contributed by atoms with E-state index in [0.717, 1.165) is 144 Å². The summed E-state index contributed by atoms with van der Waals surface area (Å²) in [5.41, 5.74) is 22.8. The normalized spacial score (nSPS) is 12.0. The zero-order chi connectivity index (χ0) is 82.5. The molecule has 24 rings (SSSR count). The van der Waals surface area contributed by atoms with Gasteiger partial charge in [0.25, 0.3) is 6.33 Å². The quantitative estimate of drug-likeness (QED) is 0.0802. The van der Waals surface area contributed by atoms with Crippen LogP contribution in [0.5, 0.6) is 23.0 Å². The third-order valence-corrected chi connectivity index (χ3v) is 22.9. The predicted octanol–water partition coefficient (Wildman–Crippen LogP) is 24.9. The minimum atomic E-state index is -2.61. The van der Waals surface area contributed by atoms with Crippen LogP contribution in [-0.2, 0) is 49.1 Å². The zero-order valence-electron chi connectivity index (χ0n) is 68.4. The molecule has 0 saturated heterocycles. The molecule has 0 aliphatic rings. The van der Waals surface area contributed by atoms with E-state index < -0.39 is 6.98 Å². The molecule has 8 heterocycles. The second-order valence-electron chi connectivity index (χ2n) is 29.8. The predicted molar refractivity (Wildman–Crippen MR) is 485 cm³/mol. The third-order valence-electron chi connectivity index (χ3n) is 22.9. The molecule has 0 radical (unpaired) electrons. The third kappa shape index (κ3) is 12.9. The molecule has 0 spiro atoms. The van der Waals surface area contributed by atoms with Crippen molar-refractivity contribution in [3.05, 3.63) is 431 Å². The number of pyridine rings is 2. The van der Waals surface area contributed by atoms with Gasteiger partial charge in [0.05, 0.1) is 100 Å². The SMILES string of the molecule is [2H]C([2H])([2H])[n+]1[c-]n(-c2[c-]c(Oc3[c-]c(-c4ccccn4)ccc3)ccc2)c2cccc(-c3c(-n4c5ccccc5c5ccccc54)cccc3-n3c4ccccc4c4ccccc43)c21.[Pt].[Pt].[c-]1c(Oc2[c-]c(-n3[c-][n+](-c4c(-n5c6ccccc6c6ccccc65)cccc4-n4c5ccccc5c5ccccc54)c4ccccc43)ccc2)cccc1-c1ccccn1. The van der Waals surface area contributed by atoms with Crippen LogP contribution < -0.4 is 18.6 Å². The second kappa shape index (κ2) is 31.6. The minimum absolute atomic E-state index is 0. The van der Waals surface area contributed by atoms with Gasteiger partial charge in [-0.15, -0.1) is 71.8 Å². The van der Waals surface area contributed by atoms with Crippen molar-refractivity contribution >= 4 is 109 Å². The van der Waals surface area contributed by atoms with E-state index in [9.17, 15) is 0 Å². The van der Waals surface area contributed by atoms with Crippen molar-refractivity contribution in [2.75, 3.05) is 0 Å². The van der Waals surface area contributed by atoms with E-state index in [2.05, 4.69) is 329 Å². The maximum absolute atomic E-state index is 8.99. The molecule has 590 valence electrons. The number of aromatic nitrogens is 10. The van der Waals surface area contributed by atoms with Crippen molar-refractivity contribution < 1.29 is 64.9 Å². The summed E-state index contributed by atoms with van der Waals surface area (Å²) in [7, 11) is 0. The number of hydrogen-bond acceptors (Lipinski definition) is 4. The molecule has 0 bridgehead atoms. The van der Waals surface area contributed by atoms with Crippen LogP contribution >= 0.6 is 0 Å². The first-order chi connectivity index (χ1) is 61.2. The molecular formula is C109H68N10O2Pt2-4. The van der Waals surface area contributed by atoms with Gasteiger partial charge in [0, 0.05) is 126 Å². The Hall–Kier alpha value is -15.1. The number of aryl methyl sites for hydroxylation is 1. The smallest absolute Gasteiger partial charge is 0.268 e. The van der Waals surface area contributed by atoms with Gasteiger partial charge in [-0.05, 0) is 108 Å². The Kier molecular flexibility index (Phi) is 18.5. The van der Waals surface area contributed by atoms with E-state index in [1.54, 1.807) is 17.0 Å². The molecule has 0 aliphatic heterocycles. The van der Waals surface area contributed by atoms with Crippen molar-refractivity contribution in [3.63, 3.8) is 0 Å². The Bertz CT molecular complexity index is 7880. The standard InChI is InChI=1S/C55H35N5O.C54H33N5O.2Pt/c1-57-36-58(38-17-13-19-40(35-38)61-39-18-12-16-37(34-39)46-25-10-11-33-56-46)53-32-14-24-45(55(53)57)54-51(59-47-26-6-2-20-41(47)42-21-3-7-27-48(42)59)30-15-31-52(54)60-49-28-8-4-22-43(49)44-23-5-9-29-50(44)60;1-5-25-46-41(20-1)42-21-2-6-26-47(42)58(46)52-31-15-32-53(59-48-27-7-3-22-43(48)44-23-4-8-28-49(44)59)54(52)57-36-56(50-29-9-10-30-51(50)57)38-17-14-19-40(35-38)60-39-18-13-16-37(34-39)45-24-11-12-33-55-45;;/h2-33H,1H3;1-33H;;/q2*-2;;/i1D3;;;. The van der Waals surface area contributed by atoms with Gasteiger partial charge >= 0.3 is 0 Å². The minimum Gasteiger partial charge on any atom is -0.504 e. The van der Waals surface area contributed by atoms with Gasteiger partial charge in [0.15, 0.2) is 0 Å². The maximum atomic E-state index is 8.99. The molecule has 14 heteroatoms. The van der Waals surface area contributed by atoms with E-state index >= 15 is 0 Å². The topological polar surface area (TPSA) is 81.6 Å². The molecule has 0 saturated carbocycles. The van der Waals surface area contributed by atoms with Gasteiger partial charge in [-0.2, -0.15) is 24.3 Å². The summed E-state index contributed by atoms with van der Waals surface area (Å²) in [6.07, 6.45) is 10.6. The average Bonchev–Trinajstić information content (AvgIpc) is 1.54. The molecule has 8 aromatic heterocycles. The van der Waals surface area contributed by atoms with Crippen LogP contribution in [0.1, 0.15) is 4.11 Å². The Morgan fingerprint density at radius 3 is 0.992 bits per heavy atom. The summed E-state index contributed by atoms with van der Waals surface area (Å²) >= 11 is 0. The first-order valence-corrected chi connectivity index (χ1v) is 40.1. The van der Waals surface area contributed by atoms with Gasteiger partial charge in [-0.3, -0.25) is 4.57 Å². The van der Waals surface area contributed by atoms with E-state index in [4.69, 9.17) is 13.6 Å². The van der Waals surface area contributed by atoms with E-state index in [-0.39, 0.29) is 42.1 Å². The fraction of sp³-hybridized carbons (Fsp3) is 0.00917. The molecule has 0 fully saturated rings. The van der Waals surface area contributed by atoms with Crippen LogP contribution in [0.15, 0.2) is 395 Å². The molecule has 123 heavy (non-hydrogen) atoms. The number of rotatable bonds is 14. The van der Waals surface area contributed by atoms with Crippen LogP contribution in [0.25, 0.3) is 183 Å². The molecule has 0 atom stereocenters. The summed E-state index contributed by atoms with van der Waals surface area (Å²) in [5.74, 6) is 2.08. The maximum Gasteiger partial charge on any atom is 0.268 e. The largest absolute Gasteiger partial charge is 0.504 e. The first kappa shape index (κ1) is 72.0. The Morgan fingerprint density at radius 1 is 0.285 bits per heavy atom. The van der Waals surface area contributed by atoms with Crippen molar-refractivity contribution in [2.24, 2.45) is 6.98 Å². The molecule has 24 aromatic rings. The van der Waals surface area contributed by atoms with Crippen LogP contribution in [-0.4, -0.2) is 37.4 Å². The van der Waals surface area contributed by atoms with E-state index in [0.29, 0.717) is 39.7 Å². The van der Waals surface area contributed by atoms with Crippen LogP contribution in [0, 0.1) is 36.9 Å². The van der Waals surface area contributed by atoms with Crippen LogP contribution in [0.2, 0.25) is 0 Å². The summed E-state index contributed by atoms with van der Waals surface area (Å²) in [6.45, 7) is -2.61. The molecule has 0 aliphatic carbocycles. The fourth-order valence-electron chi connectivity index (χ4n) is 17.8. The fourth-order valence-corrected chi connectivity index (χ4v) is 17.8.